The number of hydrogen-bond acceptors (Lipinski definition) is 1. The maximum absolute atomic E-state index is 7.00. The average molecular weight is 164 g/mol. The smallest absolute Gasteiger partial charge is 0.0319 e. The van der Waals surface area contributed by atoms with Gasteiger partial charge >= 0.3 is 0 Å². The fourth-order valence-corrected chi connectivity index (χ4v) is 1.19. The van der Waals surface area contributed by atoms with E-state index in [-0.39, 0.29) is 0 Å². The Morgan fingerprint density at radius 1 is 0.917 bits per heavy atom. The lowest BCUT2D eigenvalue weighted by atomic mass is 9.89. The zero-order chi connectivity index (χ0) is 9.35. The van der Waals surface area contributed by atoms with Gasteiger partial charge in [-0.3, -0.25) is 0 Å². The van der Waals surface area contributed by atoms with E-state index in [1.165, 1.54) is 16.7 Å². The molecule has 0 fully saturated rings. The Hall–Kier alpha value is -0.820. The second-order valence-corrected chi connectivity index (χ2v) is 4.05. The highest BCUT2D eigenvalue weighted by Gasteiger charge is 2.21. The molecular formula is C11H16O. The molecule has 1 N–H and O–H groups in total. The summed E-state index contributed by atoms with van der Waals surface area (Å²) in [7, 11) is 1.00. The van der Waals surface area contributed by atoms with Gasteiger partial charge in [0, 0.05) is 7.11 Å². The molecule has 0 aromatic rings. The van der Waals surface area contributed by atoms with Crippen LogP contribution in [0.4, 0.5) is 0 Å². The molecule has 0 bridgehead atoms. The van der Waals surface area contributed by atoms with E-state index in [0.717, 1.165) is 7.11 Å². The molecule has 0 saturated heterocycles. The van der Waals surface area contributed by atoms with Gasteiger partial charge in [0.1, 0.15) is 0 Å². The van der Waals surface area contributed by atoms with Gasteiger partial charge in [-0.1, -0.05) is 32.9 Å². The first-order valence-electron chi connectivity index (χ1n) is 4.18. The van der Waals surface area contributed by atoms with Gasteiger partial charge in [0.2, 0.25) is 0 Å². The Kier molecular flexibility index (Phi) is 2.25. The SMILES string of the molecule is CC(C)(C)c1cc2cc-2c1.CO. The van der Waals surface area contributed by atoms with E-state index < -0.39 is 0 Å². The predicted molar refractivity (Wildman–Crippen MR) is 52.3 cm³/mol. The van der Waals surface area contributed by atoms with Gasteiger partial charge in [-0.15, -0.1) is 0 Å². The van der Waals surface area contributed by atoms with Crippen LogP contribution in [-0.2, 0) is 5.41 Å². The quantitative estimate of drug-likeness (QED) is 0.634. The molecule has 0 spiro atoms. The Labute approximate surface area is 74.1 Å². The van der Waals surface area contributed by atoms with E-state index in [1.807, 2.05) is 0 Å². The van der Waals surface area contributed by atoms with Crippen LogP contribution >= 0.6 is 0 Å². The Morgan fingerprint density at radius 2 is 1.33 bits per heavy atom. The number of benzene rings is 1. The molecular weight excluding hydrogens is 148 g/mol. The van der Waals surface area contributed by atoms with Gasteiger partial charge in [0.05, 0.1) is 0 Å². The number of rotatable bonds is 0. The van der Waals surface area contributed by atoms with Crippen molar-refractivity contribution >= 4 is 0 Å². The summed E-state index contributed by atoms with van der Waals surface area (Å²) in [6.45, 7) is 6.75. The summed E-state index contributed by atoms with van der Waals surface area (Å²) in [5.41, 5.74) is 4.70. The molecule has 0 atom stereocenters. The highest BCUT2D eigenvalue weighted by molar-refractivity contribution is 5.82. The third-order valence-corrected chi connectivity index (χ3v) is 2.05. The second-order valence-electron chi connectivity index (χ2n) is 4.05. The molecule has 0 radical (unpaired) electrons. The summed E-state index contributed by atoms with van der Waals surface area (Å²) in [6.07, 6.45) is 0. The van der Waals surface area contributed by atoms with Gasteiger partial charge in [-0.2, -0.15) is 0 Å². The molecule has 0 aliphatic heterocycles. The molecule has 0 saturated carbocycles. The summed E-state index contributed by atoms with van der Waals surface area (Å²) in [6, 6.07) is 6.79. The zero-order valence-electron chi connectivity index (χ0n) is 8.18. The maximum Gasteiger partial charge on any atom is 0.0319 e. The number of fused-ring (bicyclic) bond motifs is 1. The molecule has 2 aliphatic carbocycles. The minimum Gasteiger partial charge on any atom is -0.400 e. The Balaban J connectivity index is 0.000000336. The lowest BCUT2D eigenvalue weighted by Gasteiger charge is -2.16. The van der Waals surface area contributed by atoms with Gasteiger partial charge in [-0.05, 0) is 28.2 Å². The monoisotopic (exact) mass is 164 g/mol. The molecule has 66 valence electrons. The molecule has 2 aliphatic rings. The number of aliphatic hydroxyl groups excluding tert-OH is 1. The highest BCUT2D eigenvalue weighted by atomic mass is 16.2. The summed E-state index contributed by atoms with van der Waals surface area (Å²) in [5.74, 6) is 0. The van der Waals surface area contributed by atoms with Crippen LogP contribution in [0.3, 0.4) is 0 Å². The first-order valence-corrected chi connectivity index (χ1v) is 4.18. The van der Waals surface area contributed by atoms with Crippen molar-refractivity contribution in [3.05, 3.63) is 23.8 Å². The lowest BCUT2D eigenvalue weighted by Crippen LogP contribution is -2.08. The number of aliphatic hydroxyl groups is 1. The minimum atomic E-state index is 0.335. The first-order chi connectivity index (χ1) is 5.57. The first kappa shape index (κ1) is 9.27. The third kappa shape index (κ3) is 1.67. The number of hydrogen-bond donors (Lipinski definition) is 1. The van der Waals surface area contributed by atoms with E-state index in [2.05, 4.69) is 39.0 Å². The molecule has 2 rings (SSSR count). The van der Waals surface area contributed by atoms with Crippen molar-refractivity contribution in [3.8, 4) is 11.1 Å². The molecule has 0 aromatic heterocycles. The van der Waals surface area contributed by atoms with E-state index >= 15 is 0 Å². The van der Waals surface area contributed by atoms with Crippen molar-refractivity contribution in [1.82, 2.24) is 0 Å². The molecule has 0 aromatic carbocycles. The van der Waals surface area contributed by atoms with Crippen LogP contribution in [0.5, 0.6) is 0 Å². The zero-order valence-corrected chi connectivity index (χ0v) is 8.18. The van der Waals surface area contributed by atoms with Crippen LogP contribution in [-0.4, -0.2) is 12.2 Å². The molecule has 12 heavy (non-hydrogen) atoms. The van der Waals surface area contributed by atoms with Crippen molar-refractivity contribution in [2.45, 2.75) is 26.2 Å². The van der Waals surface area contributed by atoms with Gasteiger partial charge < -0.3 is 5.11 Å². The molecule has 0 unspecified atom stereocenters. The Bertz CT molecular complexity index is 261. The van der Waals surface area contributed by atoms with Gasteiger partial charge in [0.15, 0.2) is 0 Å². The second kappa shape index (κ2) is 2.91. The van der Waals surface area contributed by atoms with Crippen LogP contribution in [0.2, 0.25) is 0 Å². The standard InChI is InChI=1S/C10H12.CH4O/c1-10(2,3)9-5-7-4-8(7)6-9;1-2/h4-6H,1-3H3;2H,1H3. The average Bonchev–Trinajstić information content (AvgIpc) is 2.61. The van der Waals surface area contributed by atoms with E-state index in [0.29, 0.717) is 5.41 Å². The van der Waals surface area contributed by atoms with Crippen molar-refractivity contribution in [2.75, 3.05) is 7.11 Å². The molecule has 0 heterocycles. The topological polar surface area (TPSA) is 20.2 Å². The van der Waals surface area contributed by atoms with Crippen molar-refractivity contribution in [1.29, 1.82) is 0 Å². The molecule has 0 amide bonds. The highest BCUT2D eigenvalue weighted by Crippen LogP contribution is 2.40. The summed E-state index contributed by atoms with van der Waals surface area (Å²) < 4.78 is 0. The van der Waals surface area contributed by atoms with Crippen LogP contribution in [0.1, 0.15) is 26.3 Å². The van der Waals surface area contributed by atoms with E-state index in [9.17, 15) is 0 Å². The van der Waals surface area contributed by atoms with Gasteiger partial charge in [-0.25, -0.2) is 0 Å². The fraction of sp³-hybridized carbons (Fsp3) is 0.455. The van der Waals surface area contributed by atoms with Crippen LogP contribution in [0.15, 0.2) is 18.2 Å². The Morgan fingerprint density at radius 3 is 1.58 bits per heavy atom. The molecule has 1 heteroatoms. The third-order valence-electron chi connectivity index (χ3n) is 2.05. The summed E-state index contributed by atoms with van der Waals surface area (Å²) >= 11 is 0. The fourth-order valence-electron chi connectivity index (χ4n) is 1.19. The summed E-state index contributed by atoms with van der Waals surface area (Å²) in [5, 5.41) is 7.00. The molecule has 1 nitrogen and oxygen atoms in total. The van der Waals surface area contributed by atoms with Crippen LogP contribution < -0.4 is 0 Å². The van der Waals surface area contributed by atoms with E-state index in [1.54, 1.807) is 0 Å². The lowest BCUT2D eigenvalue weighted by molar-refractivity contribution is 0.399. The summed E-state index contributed by atoms with van der Waals surface area (Å²) in [4.78, 5) is 0. The largest absolute Gasteiger partial charge is 0.400 e. The van der Waals surface area contributed by atoms with Crippen molar-refractivity contribution in [2.24, 2.45) is 0 Å². The minimum absolute atomic E-state index is 0.335. The van der Waals surface area contributed by atoms with E-state index in [4.69, 9.17) is 5.11 Å². The van der Waals surface area contributed by atoms with Crippen molar-refractivity contribution < 1.29 is 5.11 Å². The predicted octanol–water partition coefficient (Wildman–Crippen LogP) is 2.57. The normalized spacial score (nSPS) is 11.8. The van der Waals surface area contributed by atoms with Gasteiger partial charge in [0.25, 0.3) is 0 Å². The maximum atomic E-state index is 7.00. The van der Waals surface area contributed by atoms with Crippen molar-refractivity contribution in [3.63, 3.8) is 0 Å². The van der Waals surface area contributed by atoms with Crippen LogP contribution in [0, 0.1) is 0 Å². The van der Waals surface area contributed by atoms with Crippen LogP contribution in [0.25, 0.3) is 11.1 Å².